The summed E-state index contributed by atoms with van der Waals surface area (Å²) >= 11 is 2.03. The fourth-order valence-electron chi connectivity index (χ4n) is 1.40. The molecule has 0 aromatic heterocycles. The molecular weight excluding hydrogens is 294 g/mol. The van der Waals surface area contributed by atoms with Gasteiger partial charge in [-0.25, -0.2) is 4.99 Å². The maximum absolute atomic E-state index is 11.7. The average Bonchev–Trinajstić information content (AvgIpc) is 2.78. The Kier molecular flexibility index (Phi) is 5.20. The van der Waals surface area contributed by atoms with Crippen molar-refractivity contribution < 1.29 is 14.7 Å². The summed E-state index contributed by atoms with van der Waals surface area (Å²) in [5, 5.41) is 8.42. The van der Waals surface area contributed by atoms with E-state index in [2.05, 4.69) is 4.99 Å². The van der Waals surface area contributed by atoms with E-state index in [9.17, 15) is 9.59 Å². The molecule has 0 spiro atoms. The Morgan fingerprint density at radius 1 is 1.35 bits per heavy atom. The number of rotatable bonds is 4. The molecule has 2 rings (SSSR count). The lowest BCUT2D eigenvalue weighted by Crippen LogP contribution is -1.99. The molecule has 0 fully saturated rings. The van der Waals surface area contributed by atoms with Crippen LogP contribution in [0.3, 0.4) is 0 Å². The predicted molar refractivity (Wildman–Crippen MR) is 83.7 cm³/mol. The fourth-order valence-corrected chi connectivity index (χ4v) is 2.97. The summed E-state index contributed by atoms with van der Waals surface area (Å²) in [5.74, 6) is -1.01. The molecule has 6 heteroatoms. The predicted octanol–water partition coefficient (Wildman–Crippen LogP) is 3.03. The van der Waals surface area contributed by atoms with Gasteiger partial charge in [-0.05, 0) is 23.4 Å². The molecule has 1 aromatic carbocycles. The highest BCUT2D eigenvalue weighted by atomic mass is 32.2. The number of aliphatic imine (C=N–C) groups is 1. The summed E-state index contributed by atoms with van der Waals surface area (Å²) < 4.78 is 0.483. The van der Waals surface area contributed by atoms with Crippen molar-refractivity contribution in [2.24, 2.45) is 4.99 Å². The van der Waals surface area contributed by atoms with Crippen molar-refractivity contribution in [1.82, 2.24) is 0 Å². The third-order valence-corrected chi connectivity index (χ3v) is 4.26. The van der Waals surface area contributed by atoms with Crippen LogP contribution in [0.1, 0.15) is 5.56 Å². The highest BCUT2D eigenvalue weighted by molar-refractivity contribution is 8.45. The maximum atomic E-state index is 11.7. The number of carboxylic acid groups (broad SMARTS) is 1. The Morgan fingerprint density at radius 3 is 2.80 bits per heavy atom. The zero-order valence-electron chi connectivity index (χ0n) is 10.4. The molecule has 0 saturated carbocycles. The van der Waals surface area contributed by atoms with Gasteiger partial charge in [0.1, 0.15) is 10.1 Å². The van der Waals surface area contributed by atoms with E-state index in [-0.39, 0.29) is 10.9 Å². The molecule has 1 aliphatic heterocycles. The SMILES string of the molecule is O=C(O)CSC1=NC(=CC=Cc2ccccc2)C(=O)S1. The number of thioether (sulfide) groups is 2. The van der Waals surface area contributed by atoms with Gasteiger partial charge in [0.05, 0.1) is 5.75 Å². The van der Waals surface area contributed by atoms with Gasteiger partial charge in [0, 0.05) is 0 Å². The molecule has 0 radical (unpaired) electrons. The quantitative estimate of drug-likeness (QED) is 0.866. The van der Waals surface area contributed by atoms with Crippen molar-refractivity contribution in [3.05, 3.63) is 53.7 Å². The van der Waals surface area contributed by atoms with E-state index in [0.717, 1.165) is 29.1 Å². The van der Waals surface area contributed by atoms with Crippen LogP contribution in [-0.4, -0.2) is 26.3 Å². The summed E-state index contributed by atoms with van der Waals surface area (Å²) in [6, 6.07) is 9.71. The number of aliphatic carboxylic acids is 1. The van der Waals surface area contributed by atoms with Crippen molar-refractivity contribution in [3.8, 4) is 0 Å². The summed E-state index contributed by atoms with van der Waals surface area (Å²) in [5.41, 5.74) is 1.38. The number of allylic oxidation sites excluding steroid dienone is 2. The molecule has 1 aliphatic rings. The minimum absolute atomic E-state index is 0.0910. The standard InChI is InChI=1S/C14H11NO3S2/c16-12(17)9-19-14-15-11(13(18)20-14)8-4-7-10-5-2-1-3-6-10/h1-8H,9H2,(H,16,17). The Bertz CT molecular complexity index is 606. The molecule has 4 nitrogen and oxygen atoms in total. The zero-order valence-corrected chi connectivity index (χ0v) is 12.0. The molecule has 0 atom stereocenters. The fraction of sp³-hybridized carbons (Fsp3) is 0.0714. The van der Waals surface area contributed by atoms with Crippen molar-refractivity contribution in [1.29, 1.82) is 0 Å². The van der Waals surface area contributed by atoms with Crippen LogP contribution in [0.25, 0.3) is 6.08 Å². The van der Waals surface area contributed by atoms with Gasteiger partial charge in [0.2, 0.25) is 5.12 Å². The first-order valence-corrected chi connectivity index (χ1v) is 7.54. The summed E-state index contributed by atoms with van der Waals surface area (Å²) in [6.45, 7) is 0. The van der Waals surface area contributed by atoms with Gasteiger partial charge in [0.15, 0.2) is 0 Å². The lowest BCUT2D eigenvalue weighted by Gasteiger charge is -1.91. The van der Waals surface area contributed by atoms with Crippen molar-refractivity contribution in [2.45, 2.75) is 0 Å². The van der Waals surface area contributed by atoms with E-state index < -0.39 is 5.97 Å². The third kappa shape index (κ3) is 4.40. The Balaban J connectivity index is 2.01. The van der Waals surface area contributed by atoms with E-state index in [1.54, 1.807) is 12.2 Å². The number of hydrogen-bond donors (Lipinski definition) is 1. The topological polar surface area (TPSA) is 66.7 Å². The number of benzene rings is 1. The van der Waals surface area contributed by atoms with Gasteiger partial charge < -0.3 is 5.11 Å². The highest BCUT2D eigenvalue weighted by Gasteiger charge is 2.22. The first kappa shape index (κ1) is 14.6. The largest absolute Gasteiger partial charge is 0.481 e. The van der Waals surface area contributed by atoms with Crippen LogP contribution >= 0.6 is 23.5 Å². The first-order valence-electron chi connectivity index (χ1n) is 5.74. The summed E-state index contributed by atoms with van der Waals surface area (Å²) in [4.78, 5) is 26.2. The summed E-state index contributed by atoms with van der Waals surface area (Å²) in [6.07, 6.45) is 5.27. The van der Waals surface area contributed by atoms with E-state index in [0.29, 0.717) is 10.1 Å². The van der Waals surface area contributed by atoms with Crippen LogP contribution in [-0.2, 0) is 9.59 Å². The van der Waals surface area contributed by atoms with Gasteiger partial charge in [-0.15, -0.1) is 0 Å². The lowest BCUT2D eigenvalue weighted by atomic mass is 10.2. The first-order chi connectivity index (χ1) is 9.65. The smallest absolute Gasteiger partial charge is 0.313 e. The van der Waals surface area contributed by atoms with Gasteiger partial charge in [-0.3, -0.25) is 9.59 Å². The van der Waals surface area contributed by atoms with Gasteiger partial charge >= 0.3 is 5.97 Å². The van der Waals surface area contributed by atoms with Crippen LogP contribution in [0, 0.1) is 0 Å². The van der Waals surface area contributed by atoms with Crippen LogP contribution in [0.2, 0.25) is 0 Å². The molecule has 0 amide bonds. The van der Waals surface area contributed by atoms with Crippen LogP contribution < -0.4 is 0 Å². The molecule has 20 heavy (non-hydrogen) atoms. The van der Waals surface area contributed by atoms with Crippen LogP contribution in [0.4, 0.5) is 0 Å². The van der Waals surface area contributed by atoms with Gasteiger partial charge in [-0.1, -0.05) is 54.2 Å². The van der Waals surface area contributed by atoms with Crippen LogP contribution in [0.15, 0.2) is 53.2 Å². The zero-order chi connectivity index (χ0) is 14.4. The third-order valence-electron chi connectivity index (χ3n) is 2.26. The second-order valence-corrected chi connectivity index (χ2v) is 5.96. The van der Waals surface area contributed by atoms with Crippen molar-refractivity contribution in [3.63, 3.8) is 0 Å². The molecule has 0 unspecified atom stereocenters. The monoisotopic (exact) mass is 305 g/mol. The molecule has 1 aromatic rings. The second kappa shape index (κ2) is 7.12. The van der Waals surface area contributed by atoms with E-state index in [1.807, 2.05) is 36.4 Å². The second-order valence-electron chi connectivity index (χ2n) is 3.77. The number of nitrogens with zero attached hydrogens (tertiary/aromatic N) is 1. The number of hydrogen-bond acceptors (Lipinski definition) is 5. The Labute approximate surface area is 124 Å². The van der Waals surface area contributed by atoms with E-state index >= 15 is 0 Å². The molecule has 0 saturated heterocycles. The molecule has 1 heterocycles. The van der Waals surface area contributed by atoms with E-state index in [4.69, 9.17) is 5.11 Å². The number of carbonyl (C=O) groups excluding carboxylic acids is 1. The summed E-state index contributed by atoms with van der Waals surface area (Å²) in [7, 11) is 0. The molecule has 102 valence electrons. The number of carboxylic acids is 1. The molecule has 1 N–H and O–H groups in total. The molecule has 0 bridgehead atoms. The van der Waals surface area contributed by atoms with Gasteiger partial charge in [-0.2, -0.15) is 0 Å². The highest BCUT2D eigenvalue weighted by Crippen LogP contribution is 2.29. The van der Waals surface area contributed by atoms with Crippen LogP contribution in [0.5, 0.6) is 0 Å². The van der Waals surface area contributed by atoms with Crippen molar-refractivity contribution >= 4 is 45.1 Å². The minimum atomic E-state index is -0.924. The number of carbonyl (C=O) groups is 2. The Hall–Kier alpha value is -1.79. The average molecular weight is 305 g/mol. The Morgan fingerprint density at radius 2 is 2.10 bits per heavy atom. The van der Waals surface area contributed by atoms with Crippen molar-refractivity contribution in [2.75, 3.05) is 5.75 Å². The normalized spacial score (nSPS) is 16.9. The lowest BCUT2D eigenvalue weighted by molar-refractivity contribution is -0.133. The minimum Gasteiger partial charge on any atom is -0.481 e. The van der Waals surface area contributed by atoms with E-state index in [1.165, 1.54) is 0 Å². The molecular formula is C14H11NO3S2. The van der Waals surface area contributed by atoms with Gasteiger partial charge in [0.25, 0.3) is 0 Å². The maximum Gasteiger partial charge on any atom is 0.313 e. The molecule has 0 aliphatic carbocycles.